The van der Waals surface area contributed by atoms with Crippen molar-refractivity contribution in [2.75, 3.05) is 6.54 Å². The van der Waals surface area contributed by atoms with Crippen LogP contribution in [0.4, 0.5) is 0 Å². The molecule has 2 fully saturated rings. The minimum atomic E-state index is -0.979. The number of ether oxygens (including phenoxy) is 3. The molecule has 1 spiro atoms. The average Bonchev–Trinajstić information content (AvgIpc) is 3.47. The monoisotopic (exact) mass is 499 g/mol. The van der Waals surface area contributed by atoms with Crippen molar-refractivity contribution in [3.8, 4) is 11.5 Å². The van der Waals surface area contributed by atoms with Crippen LogP contribution in [0.3, 0.4) is 0 Å². The van der Waals surface area contributed by atoms with Crippen molar-refractivity contribution in [3.05, 3.63) is 33.7 Å². The van der Waals surface area contributed by atoms with E-state index in [1.165, 1.54) is 6.07 Å². The highest BCUT2D eigenvalue weighted by atomic mass is 16.7. The van der Waals surface area contributed by atoms with E-state index >= 15 is 0 Å². The molecule has 0 bridgehead atoms. The highest BCUT2D eigenvalue weighted by Crippen LogP contribution is 2.53. The zero-order valence-corrected chi connectivity index (χ0v) is 20.8. The lowest BCUT2D eigenvalue weighted by molar-refractivity contribution is -0.170. The Hall–Kier alpha value is -3.27. The van der Waals surface area contributed by atoms with E-state index < -0.39 is 23.3 Å². The first kappa shape index (κ1) is 24.4. The molecule has 0 amide bonds. The Labute approximate surface area is 208 Å². The van der Waals surface area contributed by atoms with Crippen LogP contribution in [0.25, 0.3) is 11.0 Å². The van der Waals surface area contributed by atoms with Gasteiger partial charge in [0.25, 0.3) is 0 Å². The molecule has 194 valence electrons. The Morgan fingerprint density at radius 1 is 1.22 bits per heavy atom. The number of aryl methyl sites for hydroxylation is 1. The molecule has 4 heterocycles. The second kappa shape index (κ2) is 8.69. The van der Waals surface area contributed by atoms with Gasteiger partial charge in [-0.2, -0.15) is 0 Å². The van der Waals surface area contributed by atoms with Crippen molar-refractivity contribution >= 4 is 22.9 Å². The summed E-state index contributed by atoms with van der Waals surface area (Å²) in [6.45, 7) is 5.87. The van der Waals surface area contributed by atoms with Crippen LogP contribution in [-0.2, 0) is 14.3 Å². The van der Waals surface area contributed by atoms with E-state index in [-0.39, 0.29) is 40.1 Å². The van der Waals surface area contributed by atoms with E-state index in [1.54, 1.807) is 13.0 Å². The molecule has 36 heavy (non-hydrogen) atoms. The summed E-state index contributed by atoms with van der Waals surface area (Å²) in [6.07, 6.45) is 3.16. The summed E-state index contributed by atoms with van der Waals surface area (Å²) >= 11 is 0. The maximum Gasteiger partial charge on any atom is 0.341 e. The molecule has 2 aromatic rings. The van der Waals surface area contributed by atoms with Gasteiger partial charge >= 0.3 is 5.97 Å². The van der Waals surface area contributed by atoms with E-state index in [1.807, 2.05) is 13.8 Å². The van der Waals surface area contributed by atoms with Crippen LogP contribution in [0.15, 0.2) is 26.3 Å². The van der Waals surface area contributed by atoms with Crippen LogP contribution >= 0.6 is 0 Å². The lowest BCUT2D eigenvalue weighted by atomic mass is 9.77. The summed E-state index contributed by atoms with van der Waals surface area (Å²) in [6, 6.07) is 3.01. The number of aliphatic imine (C=N–C) groups is 1. The molecule has 10 heteroatoms. The number of aromatic hydroxyl groups is 1. The number of guanidine groups is 1. The summed E-state index contributed by atoms with van der Waals surface area (Å²) in [5.41, 5.74) is 9.32. The molecular weight excluding hydrogens is 466 g/mol. The Balaban J connectivity index is 1.47. The number of epoxide rings is 1. The molecule has 5 rings (SSSR count). The Kier molecular flexibility index (Phi) is 5.89. The molecule has 0 aliphatic carbocycles. The molecule has 3 aliphatic heterocycles. The highest BCUT2D eigenvalue weighted by Gasteiger charge is 2.64. The predicted molar refractivity (Wildman–Crippen MR) is 132 cm³/mol. The number of phenolic OH excluding ortho intramolecular Hbond substituents is 1. The van der Waals surface area contributed by atoms with Gasteiger partial charge < -0.3 is 35.2 Å². The van der Waals surface area contributed by atoms with Gasteiger partial charge in [0, 0.05) is 30.2 Å². The number of benzene rings is 1. The van der Waals surface area contributed by atoms with Gasteiger partial charge in [-0.05, 0) is 52.9 Å². The van der Waals surface area contributed by atoms with E-state index in [0.29, 0.717) is 49.3 Å². The van der Waals surface area contributed by atoms with Crippen LogP contribution in [0.5, 0.6) is 11.5 Å². The SMILES string of the molecule is Cc1cc(=O)c2c(O)c3c(cc2o1)OC(C)(C)C1OC(=O)C2(CCCCC31)OC2CCCN=C(N)N. The molecule has 10 nitrogen and oxygen atoms in total. The topological polar surface area (TPSA) is 163 Å². The number of nitrogens with zero attached hydrogens (tertiary/aromatic N) is 1. The molecule has 4 unspecified atom stereocenters. The van der Waals surface area contributed by atoms with E-state index in [2.05, 4.69) is 4.99 Å². The molecular formula is C26H33N3O7. The second-order valence-corrected chi connectivity index (χ2v) is 10.6. The second-order valence-electron chi connectivity index (χ2n) is 10.6. The third kappa shape index (κ3) is 4.07. The summed E-state index contributed by atoms with van der Waals surface area (Å²) < 4.78 is 24.1. The van der Waals surface area contributed by atoms with Gasteiger partial charge in [0.2, 0.25) is 0 Å². The van der Waals surface area contributed by atoms with E-state index in [9.17, 15) is 14.7 Å². The smallest absolute Gasteiger partial charge is 0.341 e. The van der Waals surface area contributed by atoms with Crippen molar-refractivity contribution < 1.29 is 28.5 Å². The molecule has 3 aliphatic rings. The normalized spacial score (nSPS) is 28.6. The first-order valence-corrected chi connectivity index (χ1v) is 12.5. The lowest BCUT2D eigenvalue weighted by Crippen LogP contribution is -2.52. The van der Waals surface area contributed by atoms with Crippen LogP contribution in [-0.4, -0.2) is 47.0 Å². The number of esters is 1. The Bertz CT molecular complexity index is 1300. The van der Waals surface area contributed by atoms with Crippen LogP contribution in [0, 0.1) is 6.92 Å². The minimum Gasteiger partial charge on any atom is -0.507 e. The number of carbonyl (C=O) groups excluding carboxylic acids is 1. The van der Waals surface area contributed by atoms with Crippen molar-refractivity contribution in [1.82, 2.24) is 0 Å². The average molecular weight is 500 g/mol. The van der Waals surface area contributed by atoms with Gasteiger partial charge in [0.1, 0.15) is 39.9 Å². The molecule has 0 radical (unpaired) electrons. The van der Waals surface area contributed by atoms with Crippen molar-refractivity contribution in [3.63, 3.8) is 0 Å². The first-order chi connectivity index (χ1) is 17.0. The zero-order valence-electron chi connectivity index (χ0n) is 20.8. The number of hydrogen-bond donors (Lipinski definition) is 3. The first-order valence-electron chi connectivity index (χ1n) is 12.5. The number of carbonyl (C=O) groups is 1. The van der Waals surface area contributed by atoms with Crippen molar-refractivity contribution in [1.29, 1.82) is 0 Å². The van der Waals surface area contributed by atoms with Crippen LogP contribution in [0.1, 0.15) is 69.6 Å². The predicted octanol–water partition coefficient (Wildman–Crippen LogP) is 2.74. The third-order valence-electron chi connectivity index (χ3n) is 7.54. The van der Waals surface area contributed by atoms with Gasteiger partial charge in [0.05, 0.1) is 6.10 Å². The van der Waals surface area contributed by atoms with Gasteiger partial charge in [-0.3, -0.25) is 9.79 Å². The number of nitrogens with two attached hydrogens (primary N) is 2. The van der Waals surface area contributed by atoms with Crippen LogP contribution in [0.2, 0.25) is 0 Å². The maximum absolute atomic E-state index is 13.5. The molecule has 2 saturated heterocycles. The highest BCUT2D eigenvalue weighted by molar-refractivity contribution is 5.88. The molecule has 4 atom stereocenters. The number of fused-ring (bicyclic) bond motifs is 4. The lowest BCUT2D eigenvalue weighted by Gasteiger charge is -2.44. The van der Waals surface area contributed by atoms with Crippen LogP contribution < -0.4 is 21.6 Å². The standard InChI is InChI=1S/C26H33N3O7/c1-13-11-15(30)20-16(33-13)12-17-19(21(20)31)14-7-4-5-9-26(18(36-26)8-6-10-29-24(27)28)23(32)34-22(14)25(2,3)35-17/h11-12,14,18,22,31H,4-10H2,1-3H3,(H4,27,28,29). The largest absolute Gasteiger partial charge is 0.507 e. The minimum absolute atomic E-state index is 0.0399. The molecule has 0 saturated carbocycles. The fraction of sp³-hybridized carbons (Fsp3) is 0.577. The van der Waals surface area contributed by atoms with Gasteiger partial charge in [0.15, 0.2) is 17.0 Å². The Morgan fingerprint density at radius 3 is 2.75 bits per heavy atom. The summed E-state index contributed by atoms with van der Waals surface area (Å²) in [5.74, 6) is -0.0250. The number of rotatable bonds is 4. The van der Waals surface area contributed by atoms with Gasteiger partial charge in [-0.15, -0.1) is 0 Å². The van der Waals surface area contributed by atoms with E-state index in [0.717, 1.165) is 12.8 Å². The third-order valence-corrected chi connectivity index (χ3v) is 7.54. The molecule has 1 aromatic heterocycles. The fourth-order valence-corrected chi connectivity index (χ4v) is 5.82. The summed E-state index contributed by atoms with van der Waals surface area (Å²) in [5, 5.41) is 11.4. The van der Waals surface area contributed by atoms with Gasteiger partial charge in [-0.25, -0.2) is 4.79 Å². The van der Waals surface area contributed by atoms with E-state index in [4.69, 9.17) is 30.1 Å². The summed E-state index contributed by atoms with van der Waals surface area (Å²) in [7, 11) is 0. The van der Waals surface area contributed by atoms with Crippen molar-refractivity contribution in [2.45, 2.75) is 88.6 Å². The number of phenols is 1. The summed E-state index contributed by atoms with van der Waals surface area (Å²) in [4.78, 5) is 30.2. The quantitative estimate of drug-likeness (QED) is 0.189. The number of hydrogen-bond acceptors (Lipinski definition) is 8. The van der Waals surface area contributed by atoms with Gasteiger partial charge in [-0.1, -0.05) is 6.42 Å². The fourth-order valence-electron chi connectivity index (χ4n) is 5.82. The molecule has 1 aromatic carbocycles. The van der Waals surface area contributed by atoms with Crippen molar-refractivity contribution in [2.24, 2.45) is 16.5 Å². The maximum atomic E-state index is 13.5. The Morgan fingerprint density at radius 2 is 2.00 bits per heavy atom. The zero-order chi connectivity index (χ0) is 25.8. The molecule has 5 N–H and O–H groups in total.